The van der Waals surface area contributed by atoms with E-state index in [0.717, 1.165) is 19.3 Å². The van der Waals surface area contributed by atoms with Gasteiger partial charge in [0.2, 0.25) is 0 Å². The van der Waals surface area contributed by atoms with Gasteiger partial charge in [0.15, 0.2) is 0 Å². The minimum absolute atomic E-state index is 0.185. The van der Waals surface area contributed by atoms with Crippen LogP contribution in [0.3, 0.4) is 0 Å². The van der Waals surface area contributed by atoms with Crippen molar-refractivity contribution in [3.05, 3.63) is 23.8 Å². The average Bonchev–Trinajstić information content (AvgIpc) is 2.44. The Kier molecular flexibility index (Phi) is 7.55. The summed E-state index contributed by atoms with van der Waals surface area (Å²) in [6.07, 6.45) is 5.29. The number of ether oxygens (including phenoxy) is 2. The fourth-order valence-corrected chi connectivity index (χ4v) is 1.82. The molecule has 112 valence electrons. The number of carbonyl (C=O) groups is 1. The minimum atomic E-state index is -0.976. The summed E-state index contributed by atoms with van der Waals surface area (Å²) in [6, 6.07) is 4.87. The predicted molar refractivity (Wildman–Crippen MR) is 78.8 cm³/mol. The molecule has 0 amide bonds. The predicted octanol–water partition coefficient (Wildman–Crippen LogP) is 4.13. The summed E-state index contributed by atoms with van der Waals surface area (Å²) in [4.78, 5) is 11.2. The molecule has 20 heavy (non-hydrogen) atoms. The molecule has 0 aliphatic rings. The number of hydrogen-bond acceptors (Lipinski definition) is 3. The molecule has 0 saturated heterocycles. The number of benzene rings is 1. The average molecular weight is 280 g/mol. The zero-order valence-corrected chi connectivity index (χ0v) is 12.4. The molecule has 0 heterocycles. The van der Waals surface area contributed by atoms with Gasteiger partial charge in [-0.25, -0.2) is 4.79 Å². The van der Waals surface area contributed by atoms with Gasteiger partial charge in [-0.2, -0.15) is 0 Å². The Balaban J connectivity index is 2.65. The summed E-state index contributed by atoms with van der Waals surface area (Å²) < 4.78 is 11.1. The van der Waals surface area contributed by atoms with Crippen LogP contribution in [0.15, 0.2) is 18.2 Å². The van der Waals surface area contributed by atoms with Crippen LogP contribution in [0.2, 0.25) is 0 Å². The number of hydrogen-bond donors (Lipinski definition) is 1. The summed E-state index contributed by atoms with van der Waals surface area (Å²) in [6.45, 7) is 5.33. The maximum atomic E-state index is 11.2. The molecule has 0 atom stereocenters. The van der Waals surface area contributed by atoms with Crippen LogP contribution < -0.4 is 9.47 Å². The summed E-state index contributed by atoms with van der Waals surface area (Å²) in [5.74, 6) is 0.0682. The maximum Gasteiger partial charge on any atom is 0.339 e. The topological polar surface area (TPSA) is 55.8 Å². The van der Waals surface area contributed by atoms with E-state index >= 15 is 0 Å². The molecule has 1 N–H and O–H groups in total. The molecule has 0 saturated carbocycles. The van der Waals surface area contributed by atoms with Gasteiger partial charge in [0.25, 0.3) is 0 Å². The molecule has 4 nitrogen and oxygen atoms in total. The van der Waals surface area contributed by atoms with Crippen molar-refractivity contribution in [1.82, 2.24) is 0 Å². The van der Waals surface area contributed by atoms with Crippen LogP contribution in [0, 0.1) is 0 Å². The van der Waals surface area contributed by atoms with E-state index in [1.54, 1.807) is 12.1 Å². The summed E-state index contributed by atoms with van der Waals surface area (Å²) in [7, 11) is 0. The Morgan fingerprint density at radius 3 is 2.50 bits per heavy atom. The SMILES string of the molecule is CCCCCCOc1cc(OCCC)ccc1C(=O)O. The van der Waals surface area contributed by atoms with Gasteiger partial charge >= 0.3 is 5.97 Å². The second kappa shape index (κ2) is 9.23. The molecular weight excluding hydrogens is 256 g/mol. The molecule has 1 aromatic rings. The van der Waals surface area contributed by atoms with Crippen LogP contribution in [0.5, 0.6) is 11.5 Å². The second-order valence-corrected chi connectivity index (χ2v) is 4.72. The molecule has 0 unspecified atom stereocenters. The molecule has 1 aromatic carbocycles. The number of unbranched alkanes of at least 4 members (excludes halogenated alkanes) is 3. The first-order valence-electron chi connectivity index (χ1n) is 7.32. The Morgan fingerprint density at radius 1 is 1.05 bits per heavy atom. The van der Waals surface area contributed by atoms with Crippen molar-refractivity contribution >= 4 is 5.97 Å². The number of carboxylic acids is 1. The van der Waals surface area contributed by atoms with E-state index in [2.05, 4.69) is 6.92 Å². The third kappa shape index (κ3) is 5.51. The van der Waals surface area contributed by atoms with E-state index in [9.17, 15) is 4.79 Å². The smallest absolute Gasteiger partial charge is 0.339 e. The monoisotopic (exact) mass is 280 g/mol. The first kappa shape index (κ1) is 16.3. The van der Waals surface area contributed by atoms with Crippen molar-refractivity contribution in [2.75, 3.05) is 13.2 Å². The lowest BCUT2D eigenvalue weighted by Crippen LogP contribution is -2.05. The van der Waals surface area contributed by atoms with Crippen LogP contribution in [-0.2, 0) is 0 Å². The molecule has 4 heteroatoms. The summed E-state index contributed by atoms with van der Waals surface area (Å²) >= 11 is 0. The molecule has 0 bridgehead atoms. The van der Waals surface area contributed by atoms with Crippen LogP contribution in [0.1, 0.15) is 56.3 Å². The van der Waals surface area contributed by atoms with E-state index in [1.165, 1.54) is 18.9 Å². The zero-order chi connectivity index (χ0) is 14.8. The Labute approximate surface area is 120 Å². The highest BCUT2D eigenvalue weighted by molar-refractivity contribution is 5.91. The molecule has 0 fully saturated rings. The molecule has 0 radical (unpaired) electrons. The quantitative estimate of drug-likeness (QED) is 0.655. The Bertz CT molecular complexity index is 415. The second-order valence-electron chi connectivity index (χ2n) is 4.72. The highest BCUT2D eigenvalue weighted by atomic mass is 16.5. The molecule has 0 aliphatic heterocycles. The maximum absolute atomic E-state index is 11.2. The van der Waals surface area contributed by atoms with Gasteiger partial charge in [0, 0.05) is 6.07 Å². The van der Waals surface area contributed by atoms with Crippen molar-refractivity contribution in [2.45, 2.75) is 46.0 Å². The number of carboxylic acid groups (broad SMARTS) is 1. The molecule has 0 aliphatic carbocycles. The largest absolute Gasteiger partial charge is 0.493 e. The lowest BCUT2D eigenvalue weighted by atomic mass is 10.2. The van der Waals surface area contributed by atoms with Gasteiger partial charge in [-0.1, -0.05) is 33.1 Å². The highest BCUT2D eigenvalue weighted by Crippen LogP contribution is 2.25. The zero-order valence-electron chi connectivity index (χ0n) is 12.4. The Morgan fingerprint density at radius 2 is 1.85 bits per heavy atom. The van der Waals surface area contributed by atoms with Crippen LogP contribution in [-0.4, -0.2) is 24.3 Å². The third-order valence-corrected chi connectivity index (χ3v) is 2.91. The van der Waals surface area contributed by atoms with Crippen molar-refractivity contribution in [3.8, 4) is 11.5 Å². The summed E-state index contributed by atoms with van der Waals surface area (Å²) in [5, 5.41) is 9.15. The van der Waals surface area contributed by atoms with E-state index in [4.69, 9.17) is 14.6 Å². The van der Waals surface area contributed by atoms with Crippen molar-refractivity contribution in [1.29, 1.82) is 0 Å². The lowest BCUT2D eigenvalue weighted by Gasteiger charge is -2.11. The molecular formula is C16H24O4. The van der Waals surface area contributed by atoms with E-state index in [-0.39, 0.29) is 5.56 Å². The normalized spacial score (nSPS) is 10.3. The van der Waals surface area contributed by atoms with Gasteiger partial charge < -0.3 is 14.6 Å². The molecule has 0 aromatic heterocycles. The standard InChI is InChI=1S/C16H24O4/c1-3-5-6-7-11-20-15-12-13(19-10-4-2)8-9-14(15)16(17)18/h8-9,12H,3-7,10-11H2,1-2H3,(H,17,18). The fourth-order valence-electron chi connectivity index (χ4n) is 1.82. The van der Waals surface area contributed by atoms with Gasteiger partial charge in [0.05, 0.1) is 13.2 Å². The van der Waals surface area contributed by atoms with E-state index in [0.29, 0.717) is 24.7 Å². The lowest BCUT2D eigenvalue weighted by molar-refractivity contribution is 0.0692. The third-order valence-electron chi connectivity index (χ3n) is 2.91. The van der Waals surface area contributed by atoms with Gasteiger partial charge in [0.1, 0.15) is 17.1 Å². The minimum Gasteiger partial charge on any atom is -0.493 e. The van der Waals surface area contributed by atoms with E-state index in [1.807, 2.05) is 6.92 Å². The van der Waals surface area contributed by atoms with Crippen molar-refractivity contribution in [3.63, 3.8) is 0 Å². The fraction of sp³-hybridized carbons (Fsp3) is 0.562. The van der Waals surface area contributed by atoms with Gasteiger partial charge in [-0.15, -0.1) is 0 Å². The van der Waals surface area contributed by atoms with Crippen LogP contribution in [0.25, 0.3) is 0 Å². The molecule has 0 spiro atoms. The Hall–Kier alpha value is -1.71. The first-order valence-corrected chi connectivity index (χ1v) is 7.32. The van der Waals surface area contributed by atoms with Gasteiger partial charge in [-0.05, 0) is 25.0 Å². The van der Waals surface area contributed by atoms with Crippen molar-refractivity contribution < 1.29 is 19.4 Å². The van der Waals surface area contributed by atoms with E-state index < -0.39 is 5.97 Å². The summed E-state index contributed by atoms with van der Waals surface area (Å²) in [5.41, 5.74) is 0.185. The first-order chi connectivity index (χ1) is 9.69. The number of rotatable bonds is 10. The number of aromatic carboxylic acids is 1. The van der Waals surface area contributed by atoms with Crippen LogP contribution >= 0.6 is 0 Å². The van der Waals surface area contributed by atoms with Crippen molar-refractivity contribution in [2.24, 2.45) is 0 Å². The van der Waals surface area contributed by atoms with Gasteiger partial charge in [-0.3, -0.25) is 0 Å². The van der Waals surface area contributed by atoms with Crippen LogP contribution in [0.4, 0.5) is 0 Å². The molecule has 1 rings (SSSR count). The highest BCUT2D eigenvalue weighted by Gasteiger charge is 2.12.